The van der Waals surface area contributed by atoms with E-state index in [1.807, 2.05) is 50.9 Å². The fourth-order valence-corrected chi connectivity index (χ4v) is 4.96. The Morgan fingerprint density at radius 3 is 2.39 bits per heavy atom. The van der Waals surface area contributed by atoms with Crippen molar-refractivity contribution >= 4 is 22.4 Å². The molecule has 2 aromatic heterocycles. The van der Waals surface area contributed by atoms with Crippen LogP contribution in [0.25, 0.3) is 11.0 Å². The molecule has 8 heteroatoms. The monoisotopic (exact) mass is 487 g/mol. The number of hydrogen-bond acceptors (Lipinski definition) is 6. The Morgan fingerprint density at radius 2 is 1.78 bits per heavy atom. The molecule has 1 saturated carbocycles. The maximum atomic E-state index is 13.0. The van der Waals surface area contributed by atoms with Crippen LogP contribution in [0, 0.1) is 17.2 Å². The second kappa shape index (κ2) is 10.0. The van der Waals surface area contributed by atoms with Gasteiger partial charge in [0.15, 0.2) is 0 Å². The standard InChI is InChI=1S/C28H33N5O3/c1-28(2,3)36-31-24(18-9-7-6-8-10-18)19-11-13-20(14-12-19)32(4)26-21(17-29)27(35)33(5)22-15-16-23(34)30-25(22)26/h6-10,15-16,19-20H,11-14H2,1-5H3,(H,30,34)/b31-24+. The molecule has 188 valence electrons. The number of pyridine rings is 2. The van der Waals surface area contributed by atoms with Crippen molar-refractivity contribution < 1.29 is 4.84 Å². The minimum Gasteiger partial charge on any atom is -0.390 e. The van der Waals surface area contributed by atoms with E-state index in [1.54, 1.807) is 13.1 Å². The van der Waals surface area contributed by atoms with E-state index in [9.17, 15) is 14.9 Å². The summed E-state index contributed by atoms with van der Waals surface area (Å²) in [7, 11) is 3.52. The lowest BCUT2D eigenvalue weighted by molar-refractivity contribution is -0.0000286. The molecule has 0 spiro atoms. The molecule has 0 amide bonds. The fourth-order valence-electron chi connectivity index (χ4n) is 4.96. The van der Waals surface area contributed by atoms with Gasteiger partial charge < -0.3 is 19.3 Å². The van der Waals surface area contributed by atoms with Crippen LogP contribution in [0.5, 0.6) is 0 Å². The molecule has 1 fully saturated rings. The molecule has 2 heterocycles. The van der Waals surface area contributed by atoms with Crippen molar-refractivity contribution in [2.45, 2.75) is 58.1 Å². The number of nitriles is 1. The van der Waals surface area contributed by atoms with Crippen molar-refractivity contribution in [3.05, 3.63) is 74.3 Å². The van der Waals surface area contributed by atoms with Gasteiger partial charge in [0.25, 0.3) is 5.56 Å². The summed E-state index contributed by atoms with van der Waals surface area (Å²) in [5.41, 5.74) is 2.61. The van der Waals surface area contributed by atoms with Gasteiger partial charge in [-0.2, -0.15) is 5.26 Å². The van der Waals surface area contributed by atoms with Gasteiger partial charge in [0.1, 0.15) is 17.2 Å². The Bertz CT molecular complexity index is 1430. The number of H-pyrrole nitrogens is 1. The van der Waals surface area contributed by atoms with Crippen LogP contribution in [0.3, 0.4) is 0 Å². The number of aromatic amines is 1. The van der Waals surface area contributed by atoms with Crippen LogP contribution in [0.2, 0.25) is 0 Å². The second-order valence-corrected chi connectivity index (χ2v) is 10.4. The third kappa shape index (κ3) is 5.06. The number of benzene rings is 1. The molecule has 0 atom stereocenters. The molecular weight excluding hydrogens is 454 g/mol. The van der Waals surface area contributed by atoms with E-state index in [0.29, 0.717) is 16.7 Å². The zero-order valence-electron chi connectivity index (χ0n) is 21.5. The van der Waals surface area contributed by atoms with Gasteiger partial charge in [0, 0.05) is 32.1 Å². The third-order valence-electron chi connectivity index (χ3n) is 6.83. The largest absolute Gasteiger partial charge is 0.390 e. The lowest BCUT2D eigenvalue weighted by Crippen LogP contribution is -2.39. The number of hydrogen-bond donors (Lipinski definition) is 1. The molecule has 3 aromatic rings. The summed E-state index contributed by atoms with van der Waals surface area (Å²) in [4.78, 5) is 35.8. The number of aryl methyl sites for hydroxylation is 1. The van der Waals surface area contributed by atoms with Gasteiger partial charge in [-0.15, -0.1) is 0 Å². The highest BCUT2D eigenvalue weighted by atomic mass is 16.6. The fraction of sp³-hybridized carbons (Fsp3) is 0.429. The molecule has 1 aliphatic carbocycles. The van der Waals surface area contributed by atoms with Gasteiger partial charge in [0.05, 0.1) is 22.4 Å². The summed E-state index contributed by atoms with van der Waals surface area (Å²) in [6.45, 7) is 5.95. The molecular formula is C28H33N5O3. The first kappa shape index (κ1) is 25.2. The summed E-state index contributed by atoms with van der Waals surface area (Å²) in [6.07, 6.45) is 3.47. The first-order chi connectivity index (χ1) is 17.1. The van der Waals surface area contributed by atoms with E-state index < -0.39 is 0 Å². The molecule has 1 N–H and O–H groups in total. The molecule has 1 aliphatic rings. The Hall–Kier alpha value is -3.86. The van der Waals surface area contributed by atoms with Crippen LogP contribution in [0.15, 0.2) is 57.2 Å². The van der Waals surface area contributed by atoms with Crippen molar-refractivity contribution in [1.29, 1.82) is 5.26 Å². The van der Waals surface area contributed by atoms with E-state index in [2.05, 4.69) is 28.3 Å². The van der Waals surface area contributed by atoms with Crippen molar-refractivity contribution in [1.82, 2.24) is 9.55 Å². The molecule has 0 bridgehead atoms. The van der Waals surface area contributed by atoms with E-state index in [1.165, 1.54) is 10.6 Å². The first-order valence-corrected chi connectivity index (χ1v) is 12.3. The molecule has 0 radical (unpaired) electrons. The number of fused-ring (bicyclic) bond motifs is 1. The number of oxime groups is 1. The van der Waals surface area contributed by atoms with Gasteiger partial charge in [-0.1, -0.05) is 35.5 Å². The Morgan fingerprint density at radius 1 is 1.11 bits per heavy atom. The van der Waals surface area contributed by atoms with Gasteiger partial charge >= 0.3 is 0 Å². The number of aromatic nitrogens is 2. The van der Waals surface area contributed by atoms with Crippen LogP contribution in [-0.4, -0.2) is 34.0 Å². The number of nitrogens with one attached hydrogen (secondary N) is 1. The summed E-state index contributed by atoms with van der Waals surface area (Å²) >= 11 is 0. The first-order valence-electron chi connectivity index (χ1n) is 12.3. The molecule has 8 nitrogen and oxygen atoms in total. The molecule has 0 aliphatic heterocycles. The van der Waals surface area contributed by atoms with Crippen LogP contribution < -0.4 is 16.0 Å². The zero-order chi connectivity index (χ0) is 26.0. The minimum atomic E-state index is -0.386. The SMILES string of the molecule is CN(c1c(C#N)c(=O)n(C)c2ccc(=O)[nH]c12)C1CCC(/C(=N/OC(C)(C)C)c2ccccc2)CC1. The summed E-state index contributed by atoms with van der Waals surface area (Å²) in [5.74, 6) is 0.232. The number of rotatable bonds is 5. The molecule has 0 saturated heterocycles. The van der Waals surface area contributed by atoms with E-state index in [4.69, 9.17) is 4.84 Å². The lowest BCUT2D eigenvalue weighted by Gasteiger charge is -2.37. The van der Waals surface area contributed by atoms with Gasteiger partial charge in [-0.25, -0.2) is 0 Å². The predicted molar refractivity (Wildman–Crippen MR) is 142 cm³/mol. The molecule has 1 aromatic carbocycles. The lowest BCUT2D eigenvalue weighted by atomic mass is 9.80. The van der Waals surface area contributed by atoms with E-state index >= 15 is 0 Å². The molecule has 0 unspecified atom stereocenters. The summed E-state index contributed by atoms with van der Waals surface area (Å²) in [5, 5.41) is 14.4. The average Bonchev–Trinajstić information content (AvgIpc) is 2.86. The molecule has 36 heavy (non-hydrogen) atoms. The topological polar surface area (TPSA) is 103 Å². The number of anilines is 1. The Labute approximate surface area is 210 Å². The van der Waals surface area contributed by atoms with Crippen molar-refractivity contribution in [2.75, 3.05) is 11.9 Å². The highest BCUT2D eigenvalue weighted by Gasteiger charge is 2.31. The van der Waals surface area contributed by atoms with E-state index in [-0.39, 0.29) is 34.2 Å². The van der Waals surface area contributed by atoms with Crippen molar-refractivity contribution in [3.8, 4) is 6.07 Å². The Kier molecular flexibility index (Phi) is 7.02. The van der Waals surface area contributed by atoms with Gasteiger partial charge in [-0.3, -0.25) is 9.59 Å². The predicted octanol–water partition coefficient (Wildman–Crippen LogP) is 4.31. The normalized spacial score (nSPS) is 18.6. The van der Waals surface area contributed by atoms with Crippen molar-refractivity contribution in [2.24, 2.45) is 18.1 Å². The summed E-state index contributed by atoms with van der Waals surface area (Å²) in [6, 6.07) is 15.3. The smallest absolute Gasteiger partial charge is 0.270 e. The number of nitrogens with zero attached hydrogens (tertiary/aromatic N) is 4. The van der Waals surface area contributed by atoms with Gasteiger partial charge in [0.2, 0.25) is 5.56 Å². The van der Waals surface area contributed by atoms with Crippen LogP contribution in [-0.2, 0) is 11.9 Å². The van der Waals surface area contributed by atoms with E-state index in [0.717, 1.165) is 37.0 Å². The van der Waals surface area contributed by atoms with Gasteiger partial charge in [-0.05, 0) is 58.1 Å². The quantitative estimate of drug-likeness (QED) is 0.427. The van der Waals surface area contributed by atoms with Crippen molar-refractivity contribution in [3.63, 3.8) is 0 Å². The van der Waals surface area contributed by atoms with Crippen LogP contribution >= 0.6 is 0 Å². The average molecular weight is 488 g/mol. The third-order valence-corrected chi connectivity index (χ3v) is 6.83. The molecule has 4 rings (SSSR count). The van der Waals surface area contributed by atoms with Crippen LogP contribution in [0.4, 0.5) is 5.69 Å². The highest BCUT2D eigenvalue weighted by molar-refractivity contribution is 6.02. The maximum Gasteiger partial charge on any atom is 0.270 e. The van der Waals surface area contributed by atoms with Crippen LogP contribution in [0.1, 0.15) is 57.6 Å². The maximum absolute atomic E-state index is 13.0. The summed E-state index contributed by atoms with van der Waals surface area (Å²) < 4.78 is 1.41. The highest BCUT2D eigenvalue weighted by Crippen LogP contribution is 2.35. The second-order valence-electron chi connectivity index (χ2n) is 10.4. The Balaban J connectivity index is 1.64. The zero-order valence-corrected chi connectivity index (χ0v) is 21.5. The minimum absolute atomic E-state index is 0.0431.